The average molecular weight is 566 g/mol. The maximum absolute atomic E-state index is 11.6. The molecule has 7 heteroatoms. The van der Waals surface area contributed by atoms with Crippen molar-refractivity contribution in [2.75, 3.05) is 6.61 Å². The first-order chi connectivity index (χ1) is 12.1. The molecule has 1 aromatic carbocycles. The number of hydrogen-bond donors (Lipinski definition) is 1. The third kappa shape index (κ3) is 5.80. The van der Waals surface area contributed by atoms with Crippen molar-refractivity contribution in [2.24, 2.45) is 0 Å². The van der Waals surface area contributed by atoms with Gasteiger partial charge in [0.15, 0.2) is 0 Å². The SMILES string of the molecule is CCc1ccc(CCOc2ccc(CC3SC(=O)NC3=O)cc2)nc1.[PbH2]. The summed E-state index contributed by atoms with van der Waals surface area (Å²) in [6, 6.07) is 11.8. The van der Waals surface area contributed by atoms with Gasteiger partial charge in [0.05, 0.1) is 11.9 Å². The van der Waals surface area contributed by atoms with Gasteiger partial charge in [0, 0.05) is 18.3 Å². The summed E-state index contributed by atoms with van der Waals surface area (Å²) in [7, 11) is 0. The number of benzene rings is 1. The van der Waals surface area contributed by atoms with Crippen molar-refractivity contribution in [2.45, 2.75) is 31.4 Å². The number of rotatable bonds is 7. The first-order valence-electron chi connectivity index (χ1n) is 8.31. The number of aromatic nitrogens is 1. The molecule has 1 aliphatic rings. The topological polar surface area (TPSA) is 68.3 Å². The Morgan fingerprint density at radius 2 is 1.85 bits per heavy atom. The molecule has 0 aliphatic carbocycles. The fourth-order valence-electron chi connectivity index (χ4n) is 2.55. The fraction of sp³-hybridized carbons (Fsp3) is 0.316. The van der Waals surface area contributed by atoms with Crippen LogP contribution in [0.15, 0.2) is 42.6 Å². The Morgan fingerprint density at radius 1 is 1.12 bits per heavy atom. The van der Waals surface area contributed by atoms with Crippen LogP contribution in [0.3, 0.4) is 0 Å². The molecular weight excluding hydrogens is 543 g/mol. The molecule has 0 spiro atoms. The van der Waals surface area contributed by atoms with E-state index in [-0.39, 0.29) is 43.7 Å². The molecule has 26 heavy (non-hydrogen) atoms. The number of carbonyl (C=O) groups is 2. The molecule has 5 nitrogen and oxygen atoms in total. The Hall–Kier alpha value is -1.42. The quantitative estimate of drug-likeness (QED) is 0.522. The van der Waals surface area contributed by atoms with Gasteiger partial charge in [-0.25, -0.2) is 0 Å². The van der Waals surface area contributed by atoms with E-state index in [4.69, 9.17) is 4.74 Å². The zero-order chi connectivity index (χ0) is 17.6. The number of carbonyl (C=O) groups excluding carboxylic acids is 2. The minimum atomic E-state index is -0.337. The standard InChI is InChI=1S/C19H20N2O3S.Pb.2H/c1-2-13-3-6-15(20-12-13)9-10-24-16-7-4-14(5-8-16)11-17-18(22)21-19(23)25-17;;;/h3-8,12,17H,2,9-11H2,1H3,(H,21,22,23);;;. The van der Waals surface area contributed by atoms with Gasteiger partial charge in [-0.05, 0) is 42.2 Å². The van der Waals surface area contributed by atoms with E-state index in [0.717, 1.165) is 41.6 Å². The molecule has 1 saturated heterocycles. The molecule has 136 valence electrons. The fourth-order valence-corrected chi connectivity index (χ4v) is 3.41. The van der Waals surface area contributed by atoms with Crippen molar-refractivity contribution < 1.29 is 14.3 Å². The molecule has 1 fully saturated rings. The van der Waals surface area contributed by atoms with Gasteiger partial charge in [-0.3, -0.25) is 19.9 Å². The molecule has 2 heterocycles. The predicted molar refractivity (Wildman–Crippen MR) is 106 cm³/mol. The first-order valence-corrected chi connectivity index (χ1v) is 9.19. The maximum atomic E-state index is 11.6. The summed E-state index contributed by atoms with van der Waals surface area (Å²) in [5.74, 6) is 0.574. The van der Waals surface area contributed by atoms with E-state index in [9.17, 15) is 9.59 Å². The van der Waals surface area contributed by atoms with Gasteiger partial charge < -0.3 is 4.74 Å². The van der Waals surface area contributed by atoms with E-state index in [1.165, 1.54) is 5.56 Å². The summed E-state index contributed by atoms with van der Waals surface area (Å²) in [4.78, 5) is 27.2. The predicted octanol–water partition coefficient (Wildman–Crippen LogP) is 2.24. The number of aryl methyl sites for hydroxylation is 1. The zero-order valence-electron chi connectivity index (χ0n) is 14.7. The van der Waals surface area contributed by atoms with Crippen LogP contribution in [0.1, 0.15) is 23.7 Å². The Kier molecular flexibility index (Phi) is 8.08. The first kappa shape index (κ1) is 20.9. The van der Waals surface area contributed by atoms with E-state index < -0.39 is 0 Å². The Bertz CT molecular complexity index is 750. The van der Waals surface area contributed by atoms with Gasteiger partial charge >= 0.3 is 27.3 Å². The number of imide groups is 1. The summed E-state index contributed by atoms with van der Waals surface area (Å²) in [5, 5.41) is 1.70. The molecule has 0 saturated carbocycles. The molecular formula is C19H22N2O3PbS. The van der Waals surface area contributed by atoms with Crippen molar-refractivity contribution in [1.82, 2.24) is 10.3 Å². The van der Waals surface area contributed by atoms with Crippen LogP contribution < -0.4 is 10.1 Å². The second-order valence-electron chi connectivity index (χ2n) is 5.84. The Balaban J connectivity index is 0.00000243. The number of amides is 2. The molecule has 0 bridgehead atoms. The molecule has 2 amide bonds. The van der Waals surface area contributed by atoms with Crippen LogP contribution in [0.4, 0.5) is 4.79 Å². The molecule has 2 radical (unpaired) electrons. The van der Waals surface area contributed by atoms with E-state index in [1.54, 1.807) is 0 Å². The van der Waals surface area contributed by atoms with Gasteiger partial charge in [0.25, 0.3) is 5.24 Å². The molecule has 1 aromatic heterocycles. The van der Waals surface area contributed by atoms with E-state index >= 15 is 0 Å². The second kappa shape index (κ2) is 10.1. The summed E-state index contributed by atoms with van der Waals surface area (Å²) in [6.07, 6.45) is 4.19. The van der Waals surface area contributed by atoms with E-state index in [0.29, 0.717) is 13.0 Å². The Morgan fingerprint density at radius 3 is 2.42 bits per heavy atom. The zero-order valence-corrected chi connectivity index (χ0v) is 21.0. The van der Waals surface area contributed by atoms with E-state index in [2.05, 4.69) is 23.3 Å². The van der Waals surface area contributed by atoms with Crippen molar-refractivity contribution >= 4 is 50.2 Å². The summed E-state index contributed by atoms with van der Waals surface area (Å²) in [6.45, 7) is 2.67. The van der Waals surface area contributed by atoms with Crippen LogP contribution in [0.2, 0.25) is 0 Å². The third-order valence-electron chi connectivity index (χ3n) is 4.03. The summed E-state index contributed by atoms with van der Waals surface area (Å²) < 4.78 is 5.75. The van der Waals surface area contributed by atoms with Crippen LogP contribution in [-0.4, -0.2) is 55.3 Å². The molecule has 1 aliphatic heterocycles. The molecule has 2 aromatic rings. The van der Waals surface area contributed by atoms with Crippen molar-refractivity contribution in [3.05, 3.63) is 59.4 Å². The van der Waals surface area contributed by atoms with Gasteiger partial charge in [-0.2, -0.15) is 0 Å². The normalized spacial score (nSPS) is 16.1. The van der Waals surface area contributed by atoms with Crippen LogP contribution in [0.5, 0.6) is 5.75 Å². The van der Waals surface area contributed by atoms with Crippen molar-refractivity contribution in [1.29, 1.82) is 0 Å². The van der Waals surface area contributed by atoms with Gasteiger partial charge in [0.2, 0.25) is 5.91 Å². The monoisotopic (exact) mass is 566 g/mol. The van der Waals surface area contributed by atoms with Crippen LogP contribution in [0, 0.1) is 0 Å². The molecule has 1 unspecified atom stereocenters. The second-order valence-corrected chi connectivity index (χ2v) is 7.02. The number of nitrogens with one attached hydrogen (secondary N) is 1. The third-order valence-corrected chi connectivity index (χ3v) is 5.01. The van der Waals surface area contributed by atoms with Crippen LogP contribution in [-0.2, 0) is 24.1 Å². The van der Waals surface area contributed by atoms with Crippen LogP contribution >= 0.6 is 11.8 Å². The molecule has 1 atom stereocenters. The average Bonchev–Trinajstić information content (AvgIpc) is 2.94. The van der Waals surface area contributed by atoms with Crippen molar-refractivity contribution in [3.63, 3.8) is 0 Å². The number of ether oxygens (including phenoxy) is 1. The van der Waals surface area contributed by atoms with Gasteiger partial charge in [0.1, 0.15) is 5.75 Å². The number of pyridine rings is 1. The van der Waals surface area contributed by atoms with Gasteiger partial charge in [-0.1, -0.05) is 36.9 Å². The summed E-state index contributed by atoms with van der Waals surface area (Å²) >= 11 is 1.05. The number of thioether (sulfide) groups is 1. The molecule has 3 rings (SSSR count). The van der Waals surface area contributed by atoms with Crippen LogP contribution in [0.25, 0.3) is 0 Å². The van der Waals surface area contributed by atoms with Crippen molar-refractivity contribution in [3.8, 4) is 5.75 Å². The number of hydrogen-bond acceptors (Lipinski definition) is 5. The minimum absolute atomic E-state index is 0. The van der Waals surface area contributed by atoms with E-state index in [1.807, 2.05) is 36.5 Å². The van der Waals surface area contributed by atoms with Gasteiger partial charge in [-0.15, -0.1) is 0 Å². The number of nitrogens with zero attached hydrogens (tertiary/aromatic N) is 1. The Labute approximate surface area is 177 Å². The molecule has 1 N–H and O–H groups in total. The summed E-state index contributed by atoms with van der Waals surface area (Å²) in [5.41, 5.74) is 3.25.